The predicted octanol–water partition coefficient (Wildman–Crippen LogP) is 1.41. The van der Waals surface area contributed by atoms with Crippen molar-refractivity contribution in [3.8, 4) is 0 Å². The summed E-state index contributed by atoms with van der Waals surface area (Å²) in [6.07, 6.45) is 2.22. The first-order valence-electron chi connectivity index (χ1n) is 8.06. The number of aromatic nitrogens is 2. The van der Waals surface area contributed by atoms with Crippen LogP contribution in [0.3, 0.4) is 0 Å². The van der Waals surface area contributed by atoms with Gasteiger partial charge in [-0.15, -0.1) is 0 Å². The number of rotatable bonds is 5. The molecule has 0 aromatic carbocycles. The first-order chi connectivity index (χ1) is 10.5. The summed E-state index contributed by atoms with van der Waals surface area (Å²) >= 11 is 0. The number of carbonyl (C=O) groups excluding carboxylic acids is 1. The molecule has 0 atom stereocenters. The highest BCUT2D eigenvalue weighted by Gasteiger charge is 2.22. The summed E-state index contributed by atoms with van der Waals surface area (Å²) in [4.78, 5) is 27.7. The van der Waals surface area contributed by atoms with Crippen molar-refractivity contribution in [1.29, 1.82) is 0 Å². The summed E-state index contributed by atoms with van der Waals surface area (Å²) in [5.74, 6) is 0.662. The van der Waals surface area contributed by atoms with E-state index in [4.69, 9.17) is 0 Å². The molecule has 0 unspecified atom stereocenters. The number of unbranched alkanes of at least 4 members (excludes halogenated alkanes) is 1. The van der Waals surface area contributed by atoms with Crippen molar-refractivity contribution in [2.45, 2.75) is 26.7 Å². The van der Waals surface area contributed by atoms with Gasteiger partial charge in [-0.3, -0.25) is 4.79 Å². The summed E-state index contributed by atoms with van der Waals surface area (Å²) in [6, 6.07) is 1.79. The van der Waals surface area contributed by atoms with E-state index >= 15 is 0 Å². The molecule has 1 aliphatic rings. The maximum Gasteiger partial charge on any atom is 0.272 e. The molecule has 1 saturated heterocycles. The van der Waals surface area contributed by atoms with Gasteiger partial charge in [-0.1, -0.05) is 13.3 Å². The molecule has 1 aromatic heterocycles. The molecule has 0 N–H and O–H groups in total. The largest absolute Gasteiger partial charge is 0.344 e. The van der Waals surface area contributed by atoms with Crippen LogP contribution in [-0.4, -0.2) is 72.5 Å². The molecule has 0 aliphatic carbocycles. The van der Waals surface area contributed by atoms with Crippen molar-refractivity contribution >= 4 is 11.9 Å². The monoisotopic (exact) mass is 305 g/mol. The summed E-state index contributed by atoms with van der Waals surface area (Å²) in [6.45, 7) is 8.34. The fourth-order valence-electron chi connectivity index (χ4n) is 2.50. The molecule has 6 heteroatoms. The minimum Gasteiger partial charge on any atom is -0.344 e. The second-order valence-corrected chi connectivity index (χ2v) is 6.07. The third kappa shape index (κ3) is 4.16. The van der Waals surface area contributed by atoms with Crippen molar-refractivity contribution in [3.05, 3.63) is 17.5 Å². The third-order valence-electron chi connectivity index (χ3n) is 4.04. The van der Waals surface area contributed by atoms with Crippen LogP contribution < -0.4 is 4.90 Å². The lowest BCUT2D eigenvalue weighted by Crippen LogP contribution is -2.47. The van der Waals surface area contributed by atoms with E-state index in [1.807, 2.05) is 23.8 Å². The first-order valence-corrected chi connectivity index (χ1v) is 8.06. The van der Waals surface area contributed by atoms with E-state index in [-0.39, 0.29) is 5.91 Å². The number of anilines is 1. The van der Waals surface area contributed by atoms with E-state index < -0.39 is 0 Å². The van der Waals surface area contributed by atoms with Crippen LogP contribution in [0.2, 0.25) is 0 Å². The minimum atomic E-state index is 0.0174. The molecule has 0 radical (unpaired) electrons. The second-order valence-electron chi connectivity index (χ2n) is 6.07. The number of aryl methyl sites for hydroxylation is 1. The maximum atomic E-state index is 12.6. The zero-order valence-corrected chi connectivity index (χ0v) is 14.2. The van der Waals surface area contributed by atoms with Gasteiger partial charge in [0.05, 0.1) is 0 Å². The van der Waals surface area contributed by atoms with Crippen LogP contribution in [0.15, 0.2) is 6.07 Å². The van der Waals surface area contributed by atoms with Gasteiger partial charge in [0.1, 0.15) is 5.69 Å². The third-order valence-corrected chi connectivity index (χ3v) is 4.04. The molecule has 1 aromatic rings. The zero-order chi connectivity index (χ0) is 16.1. The Hall–Kier alpha value is -1.69. The molecule has 2 heterocycles. The fraction of sp³-hybridized carbons (Fsp3) is 0.688. The number of hydrogen-bond acceptors (Lipinski definition) is 5. The quantitative estimate of drug-likeness (QED) is 0.823. The van der Waals surface area contributed by atoms with Gasteiger partial charge in [0.2, 0.25) is 5.95 Å². The molecule has 6 nitrogen and oxygen atoms in total. The Labute approximate surface area is 133 Å². The average molecular weight is 305 g/mol. The number of amides is 1. The summed E-state index contributed by atoms with van der Waals surface area (Å²) in [7, 11) is 4.06. The molecular weight excluding hydrogens is 278 g/mol. The Balaban J connectivity index is 2.13. The summed E-state index contributed by atoms with van der Waals surface area (Å²) < 4.78 is 0. The molecule has 2 rings (SSSR count). The number of hydrogen-bond donors (Lipinski definition) is 0. The van der Waals surface area contributed by atoms with Gasteiger partial charge >= 0.3 is 0 Å². The van der Waals surface area contributed by atoms with Crippen LogP contribution in [0.1, 0.15) is 35.9 Å². The number of carbonyl (C=O) groups is 1. The highest BCUT2D eigenvalue weighted by Crippen LogP contribution is 2.13. The van der Waals surface area contributed by atoms with E-state index in [0.717, 1.165) is 51.3 Å². The molecule has 1 fully saturated rings. The van der Waals surface area contributed by atoms with Crippen LogP contribution in [0.4, 0.5) is 5.95 Å². The first kappa shape index (κ1) is 16.7. The fourth-order valence-corrected chi connectivity index (χ4v) is 2.50. The number of nitrogens with zero attached hydrogens (tertiary/aromatic N) is 5. The molecule has 1 amide bonds. The standard InChI is InChI=1S/C16H27N5O/c1-5-6-7-20(4)16-17-13(2)12-14(18-16)15(22)21-10-8-19(3)9-11-21/h12H,5-11H2,1-4H3. The van der Waals surface area contributed by atoms with Crippen molar-refractivity contribution in [3.63, 3.8) is 0 Å². The number of likely N-dealkylation sites (N-methyl/N-ethyl adjacent to an activating group) is 1. The van der Waals surface area contributed by atoms with Crippen LogP contribution in [0.25, 0.3) is 0 Å². The van der Waals surface area contributed by atoms with Crippen molar-refractivity contribution in [2.75, 3.05) is 51.7 Å². The van der Waals surface area contributed by atoms with Crippen molar-refractivity contribution in [2.24, 2.45) is 0 Å². The van der Waals surface area contributed by atoms with Gasteiger partial charge in [0, 0.05) is 45.5 Å². The van der Waals surface area contributed by atoms with Crippen LogP contribution in [0, 0.1) is 6.92 Å². The lowest BCUT2D eigenvalue weighted by Gasteiger charge is -2.32. The minimum absolute atomic E-state index is 0.0174. The van der Waals surface area contributed by atoms with E-state index in [1.54, 1.807) is 6.07 Å². The van der Waals surface area contributed by atoms with Crippen LogP contribution in [-0.2, 0) is 0 Å². The van der Waals surface area contributed by atoms with Gasteiger partial charge in [-0.2, -0.15) is 0 Å². The zero-order valence-electron chi connectivity index (χ0n) is 14.2. The topological polar surface area (TPSA) is 52.6 Å². The number of piperazine rings is 1. The van der Waals surface area contributed by atoms with Gasteiger partial charge < -0.3 is 14.7 Å². The summed E-state index contributed by atoms with van der Waals surface area (Å²) in [5, 5.41) is 0. The van der Waals surface area contributed by atoms with E-state index in [1.165, 1.54) is 0 Å². The van der Waals surface area contributed by atoms with Gasteiger partial charge in [-0.25, -0.2) is 9.97 Å². The lowest BCUT2D eigenvalue weighted by atomic mass is 10.2. The highest BCUT2D eigenvalue weighted by molar-refractivity contribution is 5.92. The normalized spacial score (nSPS) is 15.9. The van der Waals surface area contributed by atoms with E-state index in [2.05, 4.69) is 28.8 Å². The van der Waals surface area contributed by atoms with Crippen molar-refractivity contribution < 1.29 is 4.79 Å². The Morgan fingerprint density at radius 1 is 1.27 bits per heavy atom. The Morgan fingerprint density at radius 3 is 2.59 bits per heavy atom. The highest BCUT2D eigenvalue weighted by atomic mass is 16.2. The molecule has 22 heavy (non-hydrogen) atoms. The Kier molecular flexibility index (Phi) is 5.71. The molecule has 0 spiro atoms. The van der Waals surface area contributed by atoms with E-state index in [9.17, 15) is 4.79 Å². The average Bonchev–Trinajstić information content (AvgIpc) is 2.52. The summed E-state index contributed by atoms with van der Waals surface area (Å²) in [5.41, 5.74) is 1.35. The van der Waals surface area contributed by atoms with Gasteiger partial charge in [-0.05, 0) is 26.5 Å². The second kappa shape index (κ2) is 7.54. The van der Waals surface area contributed by atoms with Crippen LogP contribution >= 0.6 is 0 Å². The molecule has 122 valence electrons. The molecule has 1 aliphatic heterocycles. The maximum absolute atomic E-state index is 12.6. The SMILES string of the molecule is CCCCN(C)c1nc(C)cc(C(=O)N2CCN(C)CC2)n1. The van der Waals surface area contributed by atoms with Crippen LogP contribution in [0.5, 0.6) is 0 Å². The van der Waals surface area contributed by atoms with E-state index in [0.29, 0.717) is 11.6 Å². The molecule has 0 saturated carbocycles. The van der Waals surface area contributed by atoms with Gasteiger partial charge in [0.25, 0.3) is 5.91 Å². The Bertz CT molecular complexity index is 511. The van der Waals surface area contributed by atoms with Gasteiger partial charge in [0.15, 0.2) is 0 Å². The van der Waals surface area contributed by atoms with Crippen molar-refractivity contribution in [1.82, 2.24) is 19.8 Å². The lowest BCUT2D eigenvalue weighted by molar-refractivity contribution is 0.0658. The molecular formula is C16H27N5O. The Morgan fingerprint density at radius 2 is 1.95 bits per heavy atom. The molecule has 0 bridgehead atoms. The predicted molar refractivity (Wildman–Crippen MR) is 88.3 cm³/mol. The smallest absolute Gasteiger partial charge is 0.272 e.